The van der Waals surface area contributed by atoms with Crippen LogP contribution in [0.5, 0.6) is 0 Å². The van der Waals surface area contributed by atoms with E-state index in [0.717, 1.165) is 21.2 Å². The molecule has 1 atom stereocenters. The number of halogens is 1. The number of aryl methyl sites for hydroxylation is 1. The van der Waals surface area contributed by atoms with Crippen LogP contribution < -0.4 is 5.32 Å². The van der Waals surface area contributed by atoms with E-state index in [4.69, 9.17) is 0 Å². The summed E-state index contributed by atoms with van der Waals surface area (Å²) in [6.07, 6.45) is 1.42. The van der Waals surface area contributed by atoms with Gasteiger partial charge in [0.25, 0.3) is 0 Å². The average Bonchev–Trinajstić information content (AvgIpc) is 2.84. The third-order valence-electron chi connectivity index (χ3n) is 6.39. The highest BCUT2D eigenvalue weighted by Crippen LogP contribution is 2.23. The van der Waals surface area contributed by atoms with Crippen molar-refractivity contribution in [3.8, 4) is 0 Å². The van der Waals surface area contributed by atoms with Crippen LogP contribution >= 0.6 is 15.9 Å². The Morgan fingerprint density at radius 2 is 1.51 bits per heavy atom. The summed E-state index contributed by atoms with van der Waals surface area (Å²) < 4.78 is 0.947. The van der Waals surface area contributed by atoms with Crippen molar-refractivity contribution in [3.63, 3.8) is 0 Å². The van der Waals surface area contributed by atoms with Crippen LogP contribution in [0, 0.1) is 0 Å². The molecule has 3 aromatic rings. The molecule has 5 heteroatoms. The lowest BCUT2D eigenvalue weighted by atomic mass is 9.86. The maximum absolute atomic E-state index is 13.8. The van der Waals surface area contributed by atoms with E-state index in [0.29, 0.717) is 25.8 Å². The Labute approximate surface area is 230 Å². The number of rotatable bonds is 10. The van der Waals surface area contributed by atoms with E-state index < -0.39 is 6.04 Å². The van der Waals surface area contributed by atoms with E-state index in [-0.39, 0.29) is 23.3 Å². The molecule has 0 fully saturated rings. The number of hydrogen-bond acceptors (Lipinski definition) is 2. The van der Waals surface area contributed by atoms with Gasteiger partial charge in [-0.25, -0.2) is 0 Å². The molecule has 0 saturated heterocycles. The molecule has 4 nitrogen and oxygen atoms in total. The van der Waals surface area contributed by atoms with Crippen LogP contribution in [-0.4, -0.2) is 28.8 Å². The largest absolute Gasteiger partial charge is 0.352 e. The van der Waals surface area contributed by atoms with Gasteiger partial charge in [-0.3, -0.25) is 9.59 Å². The molecule has 2 amide bonds. The molecule has 3 aromatic carbocycles. The zero-order valence-corrected chi connectivity index (χ0v) is 24.2. The number of carbonyl (C=O) groups excluding carboxylic acids is 2. The van der Waals surface area contributed by atoms with Crippen molar-refractivity contribution in [2.75, 3.05) is 0 Å². The van der Waals surface area contributed by atoms with Gasteiger partial charge >= 0.3 is 0 Å². The molecule has 0 aliphatic rings. The molecular formula is C32H39BrN2O2. The van der Waals surface area contributed by atoms with E-state index in [1.54, 1.807) is 4.90 Å². The van der Waals surface area contributed by atoms with Crippen LogP contribution in [-0.2, 0) is 34.4 Å². The third kappa shape index (κ3) is 8.85. The second-order valence-electron chi connectivity index (χ2n) is 11.0. The van der Waals surface area contributed by atoms with Gasteiger partial charge in [0.2, 0.25) is 11.8 Å². The maximum Gasteiger partial charge on any atom is 0.243 e. The van der Waals surface area contributed by atoms with Crippen molar-refractivity contribution in [3.05, 3.63) is 106 Å². The molecule has 0 aliphatic heterocycles. The Hall–Kier alpha value is -2.92. The molecule has 0 heterocycles. The summed E-state index contributed by atoms with van der Waals surface area (Å²) in [4.78, 5) is 29.0. The highest BCUT2D eigenvalue weighted by molar-refractivity contribution is 9.10. The molecule has 0 aromatic heterocycles. The predicted molar refractivity (Wildman–Crippen MR) is 155 cm³/mol. The molecule has 3 rings (SSSR count). The summed E-state index contributed by atoms with van der Waals surface area (Å²) >= 11 is 3.54. The molecule has 0 aliphatic carbocycles. The quantitative estimate of drug-likeness (QED) is 0.294. The van der Waals surface area contributed by atoms with Gasteiger partial charge in [0.05, 0.1) is 0 Å². The fourth-order valence-electron chi connectivity index (χ4n) is 4.33. The van der Waals surface area contributed by atoms with Crippen LogP contribution in [0.1, 0.15) is 63.3 Å². The fraction of sp³-hybridized carbons (Fsp3) is 0.375. The Morgan fingerprint density at radius 3 is 2.11 bits per heavy atom. The van der Waals surface area contributed by atoms with Gasteiger partial charge in [-0.2, -0.15) is 0 Å². The highest BCUT2D eigenvalue weighted by Gasteiger charge is 2.30. The Bertz CT molecular complexity index is 1170. The summed E-state index contributed by atoms with van der Waals surface area (Å²) in [5.41, 5.74) is 4.48. The first-order chi connectivity index (χ1) is 17.5. The van der Waals surface area contributed by atoms with Gasteiger partial charge in [0, 0.05) is 29.9 Å². The van der Waals surface area contributed by atoms with Crippen LogP contribution in [0.2, 0.25) is 0 Å². The monoisotopic (exact) mass is 562 g/mol. The zero-order valence-electron chi connectivity index (χ0n) is 22.6. The number of carbonyl (C=O) groups is 2. The SMILES string of the molecule is CC(C)NC(=O)[C@@H](Cc1ccccc1)N(Cc1cccc(Br)c1)C(=O)CCc1ccc(C(C)(C)C)cc1. The van der Waals surface area contributed by atoms with E-state index in [1.165, 1.54) is 5.56 Å². The first-order valence-corrected chi connectivity index (χ1v) is 13.8. The summed E-state index contributed by atoms with van der Waals surface area (Å²) in [5, 5.41) is 3.05. The van der Waals surface area contributed by atoms with Crippen LogP contribution in [0.15, 0.2) is 83.3 Å². The molecule has 0 unspecified atom stereocenters. The summed E-state index contributed by atoms with van der Waals surface area (Å²) in [5.74, 6) is -0.156. The molecular weight excluding hydrogens is 524 g/mol. The van der Waals surface area contributed by atoms with Gasteiger partial charge in [-0.1, -0.05) is 103 Å². The van der Waals surface area contributed by atoms with Crippen molar-refractivity contribution < 1.29 is 9.59 Å². The molecule has 0 spiro atoms. The van der Waals surface area contributed by atoms with Crippen LogP contribution in [0.3, 0.4) is 0 Å². The standard InChI is InChI=1S/C32H39BrN2O2/c1-23(2)34-31(37)29(21-25-10-7-6-8-11-25)35(22-26-12-9-13-28(33)20-26)30(36)19-16-24-14-17-27(18-15-24)32(3,4)5/h6-15,17-18,20,23,29H,16,19,21-22H2,1-5H3,(H,34,37)/t29-/m1/s1. The van der Waals surface area contributed by atoms with Gasteiger partial charge < -0.3 is 10.2 Å². The minimum absolute atomic E-state index is 0.0186. The van der Waals surface area contributed by atoms with E-state index in [2.05, 4.69) is 66.3 Å². The van der Waals surface area contributed by atoms with Crippen LogP contribution in [0.4, 0.5) is 0 Å². The normalized spacial score (nSPS) is 12.3. The van der Waals surface area contributed by atoms with Gasteiger partial charge in [0.1, 0.15) is 6.04 Å². The topological polar surface area (TPSA) is 49.4 Å². The third-order valence-corrected chi connectivity index (χ3v) is 6.88. The zero-order chi connectivity index (χ0) is 27.0. The van der Waals surface area contributed by atoms with Gasteiger partial charge in [-0.05, 0) is 60.1 Å². The smallest absolute Gasteiger partial charge is 0.243 e. The van der Waals surface area contributed by atoms with E-state index >= 15 is 0 Å². The predicted octanol–water partition coefficient (Wildman–Crippen LogP) is 6.84. The van der Waals surface area contributed by atoms with Crippen LogP contribution in [0.25, 0.3) is 0 Å². The lowest BCUT2D eigenvalue weighted by Crippen LogP contribution is -2.51. The molecule has 196 valence electrons. The second kappa shape index (κ2) is 13.0. The van der Waals surface area contributed by atoms with E-state index in [1.807, 2.05) is 68.4 Å². The highest BCUT2D eigenvalue weighted by atomic mass is 79.9. The number of hydrogen-bond donors (Lipinski definition) is 1. The molecule has 0 radical (unpaired) electrons. The summed E-state index contributed by atoms with van der Waals surface area (Å²) in [6, 6.07) is 25.7. The van der Waals surface area contributed by atoms with Crippen molar-refractivity contribution >= 4 is 27.7 Å². The van der Waals surface area contributed by atoms with Crippen molar-refractivity contribution in [1.29, 1.82) is 0 Å². The van der Waals surface area contributed by atoms with Crippen molar-refractivity contribution in [2.24, 2.45) is 0 Å². The first-order valence-electron chi connectivity index (χ1n) is 13.0. The lowest BCUT2D eigenvalue weighted by molar-refractivity contribution is -0.141. The molecule has 0 bridgehead atoms. The molecule has 37 heavy (non-hydrogen) atoms. The minimum atomic E-state index is -0.612. The summed E-state index contributed by atoms with van der Waals surface area (Å²) in [6.45, 7) is 10.8. The Balaban J connectivity index is 1.88. The second-order valence-corrected chi connectivity index (χ2v) is 11.9. The number of amides is 2. The fourth-order valence-corrected chi connectivity index (χ4v) is 4.78. The number of nitrogens with one attached hydrogen (secondary N) is 1. The lowest BCUT2D eigenvalue weighted by Gasteiger charge is -2.32. The average molecular weight is 564 g/mol. The van der Waals surface area contributed by atoms with Gasteiger partial charge in [-0.15, -0.1) is 0 Å². The molecule has 0 saturated carbocycles. The van der Waals surface area contributed by atoms with E-state index in [9.17, 15) is 9.59 Å². The Morgan fingerprint density at radius 1 is 0.865 bits per heavy atom. The summed E-state index contributed by atoms with van der Waals surface area (Å²) in [7, 11) is 0. The molecule has 1 N–H and O–H groups in total. The maximum atomic E-state index is 13.8. The van der Waals surface area contributed by atoms with Gasteiger partial charge in [0.15, 0.2) is 0 Å². The van der Waals surface area contributed by atoms with Crippen molar-refractivity contribution in [2.45, 2.75) is 77.9 Å². The van der Waals surface area contributed by atoms with Crippen molar-refractivity contribution in [1.82, 2.24) is 10.2 Å². The Kier molecular flexibility index (Phi) is 10.1. The number of benzene rings is 3. The minimum Gasteiger partial charge on any atom is -0.352 e. The first kappa shape index (κ1) is 28.6. The number of nitrogens with zero attached hydrogens (tertiary/aromatic N) is 1.